The van der Waals surface area contributed by atoms with Crippen LogP contribution in [-0.2, 0) is 10.0 Å². The maximum absolute atomic E-state index is 13.0. The highest BCUT2D eigenvalue weighted by Crippen LogP contribution is 2.27. The lowest BCUT2D eigenvalue weighted by molar-refractivity contribution is 0.349. The Labute approximate surface area is 125 Å². The van der Waals surface area contributed by atoms with Crippen molar-refractivity contribution in [3.63, 3.8) is 0 Å². The van der Waals surface area contributed by atoms with Gasteiger partial charge >= 0.3 is 0 Å². The first-order valence-electron chi connectivity index (χ1n) is 7.20. The van der Waals surface area contributed by atoms with Gasteiger partial charge in [0.15, 0.2) is 0 Å². The van der Waals surface area contributed by atoms with E-state index in [0.29, 0.717) is 11.4 Å². The summed E-state index contributed by atoms with van der Waals surface area (Å²) in [6.07, 6.45) is 4.19. The monoisotopic (exact) mass is 305 g/mol. The van der Waals surface area contributed by atoms with Gasteiger partial charge in [-0.2, -0.15) is 4.31 Å². The van der Waals surface area contributed by atoms with Crippen LogP contribution in [-0.4, -0.2) is 43.4 Å². The van der Waals surface area contributed by atoms with Crippen LogP contribution >= 0.6 is 0 Å². The van der Waals surface area contributed by atoms with E-state index < -0.39 is 10.0 Å². The molecular weight excluding hydrogens is 286 g/mol. The molecule has 21 heavy (non-hydrogen) atoms. The molecule has 112 valence electrons. The van der Waals surface area contributed by atoms with E-state index in [0.717, 1.165) is 30.3 Å². The van der Waals surface area contributed by atoms with Gasteiger partial charge in [0, 0.05) is 42.3 Å². The number of hydrogen-bond acceptors (Lipinski definition) is 4. The molecule has 0 aliphatic carbocycles. The SMILES string of the molecule is CCN(C1CCNC1)S(=O)(=O)c1cccc2cnccc12. The van der Waals surface area contributed by atoms with Crippen molar-refractivity contribution in [2.24, 2.45) is 0 Å². The predicted octanol–water partition coefficient (Wildman–Crippen LogP) is 1.61. The van der Waals surface area contributed by atoms with Crippen molar-refractivity contribution in [2.45, 2.75) is 24.3 Å². The van der Waals surface area contributed by atoms with E-state index in [1.807, 2.05) is 13.0 Å². The minimum Gasteiger partial charge on any atom is -0.315 e. The van der Waals surface area contributed by atoms with Gasteiger partial charge in [-0.25, -0.2) is 8.42 Å². The standard InChI is InChI=1S/C15H19N3O2S/c1-2-18(13-6-8-17-11-13)21(19,20)15-5-3-4-12-10-16-9-7-14(12)15/h3-5,7,9-10,13,17H,2,6,8,11H2,1H3. The highest BCUT2D eigenvalue weighted by molar-refractivity contribution is 7.89. The van der Waals surface area contributed by atoms with E-state index in [2.05, 4.69) is 10.3 Å². The second kappa shape index (κ2) is 5.71. The smallest absolute Gasteiger partial charge is 0.243 e. The fourth-order valence-electron chi connectivity index (χ4n) is 2.95. The molecule has 5 nitrogen and oxygen atoms in total. The van der Waals surface area contributed by atoms with Crippen LogP contribution in [0, 0.1) is 0 Å². The topological polar surface area (TPSA) is 62.3 Å². The van der Waals surface area contributed by atoms with Gasteiger partial charge in [0.2, 0.25) is 10.0 Å². The Morgan fingerprint density at radius 1 is 1.38 bits per heavy atom. The third-order valence-electron chi connectivity index (χ3n) is 3.98. The molecule has 1 atom stereocenters. The number of pyridine rings is 1. The van der Waals surface area contributed by atoms with Crippen molar-refractivity contribution < 1.29 is 8.42 Å². The maximum atomic E-state index is 13.0. The zero-order valence-corrected chi connectivity index (χ0v) is 12.8. The number of nitrogens with one attached hydrogen (secondary N) is 1. The lowest BCUT2D eigenvalue weighted by Gasteiger charge is -2.26. The first kappa shape index (κ1) is 14.4. The Balaban J connectivity index is 2.11. The Kier molecular flexibility index (Phi) is 3.93. The second-order valence-electron chi connectivity index (χ2n) is 5.21. The summed E-state index contributed by atoms with van der Waals surface area (Å²) in [7, 11) is -3.50. The van der Waals surface area contributed by atoms with Gasteiger partial charge in [0.1, 0.15) is 0 Å². The number of benzene rings is 1. The molecule has 1 aromatic heterocycles. The number of rotatable bonds is 4. The molecule has 1 fully saturated rings. The number of hydrogen-bond donors (Lipinski definition) is 1. The average Bonchev–Trinajstić information content (AvgIpc) is 3.01. The highest BCUT2D eigenvalue weighted by Gasteiger charge is 2.32. The number of aromatic nitrogens is 1. The Bertz CT molecular complexity index is 734. The third-order valence-corrected chi connectivity index (χ3v) is 6.07. The van der Waals surface area contributed by atoms with Crippen molar-refractivity contribution in [1.29, 1.82) is 0 Å². The summed E-state index contributed by atoms with van der Waals surface area (Å²) in [6.45, 7) is 3.97. The van der Waals surface area contributed by atoms with E-state index in [1.165, 1.54) is 0 Å². The van der Waals surface area contributed by atoms with Crippen LogP contribution in [0.1, 0.15) is 13.3 Å². The van der Waals surface area contributed by atoms with Crippen molar-refractivity contribution in [1.82, 2.24) is 14.6 Å². The molecule has 2 heterocycles. The van der Waals surface area contributed by atoms with Crippen LogP contribution in [0.25, 0.3) is 10.8 Å². The van der Waals surface area contributed by atoms with Crippen LogP contribution in [0.2, 0.25) is 0 Å². The molecule has 0 saturated carbocycles. The summed E-state index contributed by atoms with van der Waals surface area (Å²) < 4.78 is 27.7. The Hall–Kier alpha value is -1.50. The minimum absolute atomic E-state index is 0.0390. The zero-order valence-electron chi connectivity index (χ0n) is 12.0. The lowest BCUT2D eigenvalue weighted by Crippen LogP contribution is -2.41. The normalized spacial score (nSPS) is 19.4. The van der Waals surface area contributed by atoms with Gasteiger partial charge < -0.3 is 5.32 Å². The van der Waals surface area contributed by atoms with E-state index in [4.69, 9.17) is 0 Å². The molecule has 0 bridgehead atoms. The summed E-state index contributed by atoms with van der Waals surface area (Å²) >= 11 is 0. The summed E-state index contributed by atoms with van der Waals surface area (Å²) in [5.74, 6) is 0. The molecule has 6 heteroatoms. The second-order valence-corrected chi connectivity index (χ2v) is 7.07. The van der Waals surface area contributed by atoms with Crippen molar-refractivity contribution in [2.75, 3.05) is 19.6 Å². The quantitative estimate of drug-likeness (QED) is 0.932. The molecular formula is C15H19N3O2S. The summed E-state index contributed by atoms with van der Waals surface area (Å²) in [6, 6.07) is 7.15. The number of sulfonamides is 1. The molecule has 1 aromatic carbocycles. The first-order chi connectivity index (χ1) is 10.1. The van der Waals surface area contributed by atoms with Crippen LogP contribution < -0.4 is 5.32 Å². The lowest BCUT2D eigenvalue weighted by atomic mass is 10.2. The van der Waals surface area contributed by atoms with Crippen LogP contribution in [0.5, 0.6) is 0 Å². The van der Waals surface area contributed by atoms with Gasteiger partial charge in [0.05, 0.1) is 4.90 Å². The highest BCUT2D eigenvalue weighted by atomic mass is 32.2. The minimum atomic E-state index is -3.50. The van der Waals surface area contributed by atoms with E-state index in [1.54, 1.807) is 34.9 Å². The fourth-order valence-corrected chi connectivity index (χ4v) is 4.83. The van der Waals surface area contributed by atoms with Crippen LogP contribution in [0.3, 0.4) is 0 Å². The molecule has 1 N–H and O–H groups in total. The average molecular weight is 305 g/mol. The molecule has 3 rings (SSSR count). The van der Waals surface area contributed by atoms with E-state index in [9.17, 15) is 8.42 Å². The van der Waals surface area contributed by atoms with Gasteiger partial charge in [-0.05, 0) is 25.1 Å². The number of fused-ring (bicyclic) bond motifs is 1. The van der Waals surface area contributed by atoms with Crippen molar-refractivity contribution >= 4 is 20.8 Å². The molecule has 1 aliphatic heterocycles. The number of nitrogens with zero attached hydrogens (tertiary/aromatic N) is 2. The molecule has 1 aliphatic rings. The Morgan fingerprint density at radius 2 is 2.24 bits per heavy atom. The van der Waals surface area contributed by atoms with Gasteiger partial charge in [0.25, 0.3) is 0 Å². The van der Waals surface area contributed by atoms with Crippen LogP contribution in [0.15, 0.2) is 41.6 Å². The molecule has 0 radical (unpaired) electrons. The van der Waals surface area contributed by atoms with Crippen molar-refractivity contribution in [3.8, 4) is 0 Å². The van der Waals surface area contributed by atoms with Crippen molar-refractivity contribution in [3.05, 3.63) is 36.7 Å². The summed E-state index contributed by atoms with van der Waals surface area (Å²) in [5.41, 5.74) is 0. The van der Waals surface area contributed by atoms with Gasteiger partial charge in [-0.3, -0.25) is 4.98 Å². The largest absolute Gasteiger partial charge is 0.315 e. The Morgan fingerprint density at radius 3 is 2.95 bits per heavy atom. The van der Waals surface area contributed by atoms with Crippen LogP contribution in [0.4, 0.5) is 0 Å². The van der Waals surface area contributed by atoms with E-state index >= 15 is 0 Å². The molecule has 1 unspecified atom stereocenters. The fraction of sp³-hybridized carbons (Fsp3) is 0.400. The van der Waals surface area contributed by atoms with Gasteiger partial charge in [-0.1, -0.05) is 19.1 Å². The molecule has 2 aromatic rings. The summed E-state index contributed by atoms with van der Waals surface area (Å²) in [4.78, 5) is 4.43. The molecule has 0 spiro atoms. The van der Waals surface area contributed by atoms with Gasteiger partial charge in [-0.15, -0.1) is 0 Å². The predicted molar refractivity (Wildman–Crippen MR) is 82.6 cm³/mol. The van der Waals surface area contributed by atoms with E-state index in [-0.39, 0.29) is 6.04 Å². The first-order valence-corrected chi connectivity index (χ1v) is 8.64. The zero-order chi connectivity index (χ0) is 14.9. The number of likely N-dealkylation sites (N-methyl/N-ethyl adjacent to an activating group) is 1. The summed E-state index contributed by atoms with van der Waals surface area (Å²) in [5, 5.41) is 4.81. The maximum Gasteiger partial charge on any atom is 0.243 e. The molecule has 0 amide bonds. The third kappa shape index (κ3) is 2.54. The molecule has 1 saturated heterocycles.